The summed E-state index contributed by atoms with van der Waals surface area (Å²) in [6, 6.07) is 9.92. The number of ether oxygens (including phenoxy) is 1. The minimum atomic E-state index is -0.279. The zero-order chi connectivity index (χ0) is 17.6. The van der Waals surface area contributed by atoms with Crippen molar-refractivity contribution in [2.24, 2.45) is 0 Å². The molecule has 1 aromatic rings. The van der Waals surface area contributed by atoms with E-state index < -0.39 is 0 Å². The van der Waals surface area contributed by atoms with Gasteiger partial charge in [0.25, 0.3) is 0 Å². The normalized spacial score (nSPS) is 22.0. The Morgan fingerprint density at radius 3 is 2.56 bits per heavy atom. The van der Waals surface area contributed by atoms with Crippen LogP contribution in [0.1, 0.15) is 44.1 Å². The summed E-state index contributed by atoms with van der Waals surface area (Å²) in [5, 5.41) is 0. The molecule has 0 bridgehead atoms. The number of carbonyl (C=O) groups excluding carboxylic acids is 2. The fourth-order valence-electron chi connectivity index (χ4n) is 3.87. The van der Waals surface area contributed by atoms with Gasteiger partial charge in [-0.1, -0.05) is 37.3 Å². The third-order valence-electron chi connectivity index (χ3n) is 5.37. The lowest BCUT2D eigenvalue weighted by molar-refractivity contribution is -0.146. The average Bonchev–Trinajstić information content (AvgIpc) is 3.16. The number of nitrogens with zero attached hydrogens (tertiary/aromatic N) is 2. The van der Waals surface area contributed by atoms with Crippen LogP contribution < -0.4 is 0 Å². The van der Waals surface area contributed by atoms with Gasteiger partial charge in [-0.3, -0.25) is 9.59 Å². The summed E-state index contributed by atoms with van der Waals surface area (Å²) in [6.45, 7) is 5.28. The highest BCUT2D eigenvalue weighted by molar-refractivity contribution is 5.88. The summed E-state index contributed by atoms with van der Waals surface area (Å²) in [6.07, 6.45) is 3.09. The molecule has 5 nitrogen and oxygen atoms in total. The molecule has 2 heterocycles. The highest BCUT2D eigenvalue weighted by atomic mass is 16.5. The Bertz CT molecular complexity index is 584. The van der Waals surface area contributed by atoms with Gasteiger partial charge in [-0.25, -0.2) is 0 Å². The number of carbonyl (C=O) groups is 2. The van der Waals surface area contributed by atoms with E-state index in [1.54, 1.807) is 0 Å². The summed E-state index contributed by atoms with van der Waals surface area (Å²) in [5.74, 6) is 0.426. The molecule has 3 rings (SSSR count). The van der Waals surface area contributed by atoms with Crippen LogP contribution in [0.25, 0.3) is 0 Å². The molecule has 0 aromatic heterocycles. The zero-order valence-electron chi connectivity index (χ0n) is 15.0. The van der Waals surface area contributed by atoms with Crippen molar-refractivity contribution < 1.29 is 14.3 Å². The van der Waals surface area contributed by atoms with Gasteiger partial charge in [-0.15, -0.1) is 0 Å². The number of benzene rings is 1. The van der Waals surface area contributed by atoms with Gasteiger partial charge in [-0.2, -0.15) is 0 Å². The Hall–Kier alpha value is -1.88. The minimum Gasteiger partial charge on any atom is -0.378 e. The number of hydrogen-bond donors (Lipinski definition) is 0. The lowest BCUT2D eigenvalue weighted by atomic mass is 9.92. The molecule has 2 saturated heterocycles. The van der Waals surface area contributed by atoms with Crippen molar-refractivity contribution in [1.82, 2.24) is 9.80 Å². The first-order chi connectivity index (χ1) is 12.2. The molecule has 0 unspecified atom stereocenters. The van der Waals surface area contributed by atoms with E-state index in [0.717, 1.165) is 19.3 Å². The molecular formula is C20H28N2O3. The van der Waals surface area contributed by atoms with Crippen LogP contribution >= 0.6 is 0 Å². The highest BCUT2D eigenvalue weighted by Crippen LogP contribution is 2.27. The first kappa shape index (κ1) is 17.9. The molecule has 0 saturated carbocycles. The number of hydrogen-bond acceptors (Lipinski definition) is 3. The summed E-state index contributed by atoms with van der Waals surface area (Å²) in [4.78, 5) is 29.4. The Kier molecular flexibility index (Phi) is 6.08. The van der Waals surface area contributed by atoms with Crippen LogP contribution in [0.5, 0.6) is 0 Å². The third-order valence-corrected chi connectivity index (χ3v) is 5.37. The van der Waals surface area contributed by atoms with Crippen LogP contribution in [0.3, 0.4) is 0 Å². The monoisotopic (exact) mass is 344 g/mol. The highest BCUT2D eigenvalue weighted by Gasteiger charge is 2.37. The van der Waals surface area contributed by atoms with Gasteiger partial charge < -0.3 is 14.5 Å². The maximum atomic E-state index is 12.9. The van der Waals surface area contributed by atoms with E-state index in [2.05, 4.69) is 19.1 Å². The number of amides is 2. The molecule has 2 fully saturated rings. The van der Waals surface area contributed by atoms with Crippen LogP contribution in [0.4, 0.5) is 0 Å². The van der Waals surface area contributed by atoms with E-state index in [1.165, 1.54) is 5.56 Å². The topological polar surface area (TPSA) is 49.9 Å². The van der Waals surface area contributed by atoms with Gasteiger partial charge in [0, 0.05) is 26.1 Å². The molecule has 2 atom stereocenters. The molecular weight excluding hydrogens is 316 g/mol. The van der Waals surface area contributed by atoms with Crippen molar-refractivity contribution in [1.29, 1.82) is 0 Å². The molecule has 0 radical (unpaired) electrons. The van der Waals surface area contributed by atoms with E-state index >= 15 is 0 Å². The zero-order valence-corrected chi connectivity index (χ0v) is 15.0. The summed E-state index contributed by atoms with van der Waals surface area (Å²) >= 11 is 0. The quantitative estimate of drug-likeness (QED) is 0.824. The maximum Gasteiger partial charge on any atom is 0.245 e. The maximum absolute atomic E-state index is 12.9. The van der Waals surface area contributed by atoms with Gasteiger partial charge in [-0.05, 0) is 30.7 Å². The number of likely N-dealkylation sites (tertiary alicyclic amines) is 1. The van der Waals surface area contributed by atoms with Gasteiger partial charge in [0.15, 0.2) is 0 Å². The van der Waals surface area contributed by atoms with Crippen molar-refractivity contribution in [2.75, 3.05) is 32.8 Å². The fourth-order valence-corrected chi connectivity index (χ4v) is 3.87. The van der Waals surface area contributed by atoms with Crippen LogP contribution in [0.15, 0.2) is 30.3 Å². The summed E-state index contributed by atoms with van der Waals surface area (Å²) in [5.41, 5.74) is 1.20. The molecule has 1 aromatic carbocycles. The SMILES string of the molecule is CC[C@H](CC(=O)N1CCC[C@@H]1C(=O)N1CCOCC1)c1ccccc1. The molecule has 0 N–H and O–H groups in total. The number of rotatable bonds is 5. The molecule has 0 spiro atoms. The summed E-state index contributed by atoms with van der Waals surface area (Å²) in [7, 11) is 0. The minimum absolute atomic E-state index is 0.0990. The van der Waals surface area contributed by atoms with E-state index in [4.69, 9.17) is 4.74 Å². The standard InChI is InChI=1S/C20H28N2O3/c1-2-16(17-7-4-3-5-8-17)15-19(23)22-10-6-9-18(22)20(24)21-11-13-25-14-12-21/h3-5,7-8,16,18H,2,6,9-15H2,1H3/t16-,18-/m1/s1. The van der Waals surface area contributed by atoms with Crippen molar-refractivity contribution in [3.63, 3.8) is 0 Å². The van der Waals surface area contributed by atoms with E-state index in [1.807, 2.05) is 28.0 Å². The first-order valence-corrected chi connectivity index (χ1v) is 9.41. The Morgan fingerprint density at radius 1 is 1.16 bits per heavy atom. The molecule has 5 heteroatoms. The predicted molar refractivity (Wildman–Crippen MR) is 96.2 cm³/mol. The number of morpholine rings is 1. The average molecular weight is 344 g/mol. The van der Waals surface area contributed by atoms with Gasteiger partial charge in [0.1, 0.15) is 6.04 Å². The molecule has 2 aliphatic rings. The van der Waals surface area contributed by atoms with Crippen LogP contribution in [0, 0.1) is 0 Å². The smallest absolute Gasteiger partial charge is 0.245 e. The Balaban J connectivity index is 1.64. The van der Waals surface area contributed by atoms with E-state index in [-0.39, 0.29) is 23.8 Å². The fraction of sp³-hybridized carbons (Fsp3) is 0.600. The van der Waals surface area contributed by atoms with Crippen molar-refractivity contribution >= 4 is 11.8 Å². The molecule has 0 aliphatic carbocycles. The molecule has 2 aliphatic heterocycles. The molecule has 25 heavy (non-hydrogen) atoms. The lowest BCUT2D eigenvalue weighted by Gasteiger charge is -2.33. The molecule has 2 amide bonds. The van der Waals surface area contributed by atoms with Crippen molar-refractivity contribution in [2.45, 2.75) is 44.6 Å². The van der Waals surface area contributed by atoms with Crippen LogP contribution in [-0.2, 0) is 14.3 Å². The first-order valence-electron chi connectivity index (χ1n) is 9.41. The predicted octanol–water partition coefficient (Wildman–Crippen LogP) is 2.42. The summed E-state index contributed by atoms with van der Waals surface area (Å²) < 4.78 is 5.33. The van der Waals surface area contributed by atoms with Gasteiger partial charge in [0.2, 0.25) is 11.8 Å². The van der Waals surface area contributed by atoms with E-state index in [0.29, 0.717) is 39.3 Å². The lowest BCUT2D eigenvalue weighted by Crippen LogP contribution is -2.51. The second-order valence-electron chi connectivity index (χ2n) is 6.90. The Morgan fingerprint density at radius 2 is 1.88 bits per heavy atom. The van der Waals surface area contributed by atoms with Crippen LogP contribution in [-0.4, -0.2) is 60.5 Å². The van der Waals surface area contributed by atoms with Crippen molar-refractivity contribution in [3.05, 3.63) is 35.9 Å². The van der Waals surface area contributed by atoms with Gasteiger partial charge in [0.05, 0.1) is 13.2 Å². The largest absolute Gasteiger partial charge is 0.378 e. The van der Waals surface area contributed by atoms with E-state index in [9.17, 15) is 9.59 Å². The van der Waals surface area contributed by atoms with Crippen molar-refractivity contribution in [3.8, 4) is 0 Å². The Labute approximate surface area is 149 Å². The van der Waals surface area contributed by atoms with Gasteiger partial charge >= 0.3 is 0 Å². The third kappa shape index (κ3) is 4.21. The second-order valence-corrected chi connectivity index (χ2v) is 6.90. The second kappa shape index (κ2) is 8.48. The van der Waals surface area contributed by atoms with Crippen LogP contribution in [0.2, 0.25) is 0 Å². The molecule has 136 valence electrons.